The van der Waals surface area contributed by atoms with E-state index in [2.05, 4.69) is 23.0 Å². The van der Waals surface area contributed by atoms with E-state index in [1.165, 1.54) is 7.11 Å². The number of nitrogen functional groups attached to an aromatic ring is 1. The van der Waals surface area contributed by atoms with Gasteiger partial charge in [0, 0.05) is 23.0 Å². The first-order chi connectivity index (χ1) is 10.6. The zero-order chi connectivity index (χ0) is 16.1. The van der Waals surface area contributed by atoms with E-state index in [0.29, 0.717) is 13.0 Å². The predicted molar refractivity (Wildman–Crippen MR) is 90.5 cm³/mol. The first kappa shape index (κ1) is 16.0. The molecule has 0 spiro atoms. The summed E-state index contributed by atoms with van der Waals surface area (Å²) in [5.41, 5.74) is 10.2. The molecule has 0 saturated heterocycles. The Morgan fingerprint density at radius 1 is 1.55 bits per heavy atom. The monoisotopic (exact) mass is 298 g/mol. The molecule has 0 amide bonds. The van der Waals surface area contributed by atoms with E-state index in [4.69, 9.17) is 16.9 Å². The molecule has 0 bridgehead atoms. The van der Waals surface area contributed by atoms with Crippen molar-refractivity contribution in [1.29, 1.82) is 0 Å². The summed E-state index contributed by atoms with van der Waals surface area (Å²) in [6.45, 7) is 2.41. The fourth-order valence-corrected chi connectivity index (χ4v) is 2.82. The molecule has 1 atom stereocenters. The van der Waals surface area contributed by atoms with E-state index in [-0.39, 0.29) is 12.0 Å². The number of anilines is 2. The maximum atomic E-state index is 11.6. The molecule has 4 nitrogen and oxygen atoms in total. The minimum atomic E-state index is -0.241. The molecule has 0 radical (unpaired) electrons. The number of nitrogens with zero attached hydrogens (tertiary/aromatic N) is 1. The van der Waals surface area contributed by atoms with Gasteiger partial charge in [-0.3, -0.25) is 4.79 Å². The Labute approximate surface area is 131 Å². The summed E-state index contributed by atoms with van der Waals surface area (Å²) in [7, 11) is 1.40. The van der Waals surface area contributed by atoms with Crippen molar-refractivity contribution < 1.29 is 9.53 Å². The molecule has 1 aromatic rings. The van der Waals surface area contributed by atoms with Crippen LogP contribution in [0.3, 0.4) is 0 Å². The number of ether oxygens (including phenoxy) is 1. The molecule has 1 unspecified atom stereocenters. The number of methoxy groups -OCH3 is 1. The maximum absolute atomic E-state index is 11.6. The van der Waals surface area contributed by atoms with Crippen molar-refractivity contribution in [3.8, 4) is 12.3 Å². The lowest BCUT2D eigenvalue weighted by molar-refractivity contribution is -0.140. The summed E-state index contributed by atoms with van der Waals surface area (Å²) in [4.78, 5) is 13.6. The van der Waals surface area contributed by atoms with Crippen LogP contribution in [0.2, 0.25) is 0 Å². The van der Waals surface area contributed by atoms with Crippen LogP contribution in [0.4, 0.5) is 11.4 Å². The van der Waals surface area contributed by atoms with Gasteiger partial charge in [-0.1, -0.05) is 18.1 Å². The molecule has 2 N–H and O–H groups in total. The molecular weight excluding hydrogens is 276 g/mol. The Morgan fingerprint density at radius 2 is 2.32 bits per heavy atom. The SMILES string of the molecule is C#CCN(c1ccc(N)c2c1C=CCC2)C(C)CC(=O)OC. The second kappa shape index (κ2) is 7.04. The molecule has 116 valence electrons. The highest BCUT2D eigenvalue weighted by Crippen LogP contribution is 2.34. The molecule has 0 saturated carbocycles. The number of nitrogens with two attached hydrogens (primary N) is 1. The minimum absolute atomic E-state index is 0.0495. The zero-order valence-corrected chi connectivity index (χ0v) is 13.1. The van der Waals surface area contributed by atoms with Crippen molar-refractivity contribution in [3.05, 3.63) is 29.3 Å². The van der Waals surface area contributed by atoms with Gasteiger partial charge in [0.25, 0.3) is 0 Å². The first-order valence-electron chi connectivity index (χ1n) is 7.43. The van der Waals surface area contributed by atoms with Gasteiger partial charge in [-0.15, -0.1) is 6.42 Å². The maximum Gasteiger partial charge on any atom is 0.307 e. The summed E-state index contributed by atoms with van der Waals surface area (Å²) in [6.07, 6.45) is 12.0. The molecule has 1 aliphatic carbocycles. The molecule has 0 fully saturated rings. The Kier molecular flexibility index (Phi) is 5.11. The van der Waals surface area contributed by atoms with E-state index < -0.39 is 0 Å². The lowest BCUT2D eigenvalue weighted by Crippen LogP contribution is -2.36. The molecule has 4 heteroatoms. The zero-order valence-electron chi connectivity index (χ0n) is 13.1. The largest absolute Gasteiger partial charge is 0.469 e. The molecule has 0 aromatic heterocycles. The van der Waals surface area contributed by atoms with Crippen LogP contribution in [-0.4, -0.2) is 25.7 Å². The molecular formula is C18H22N2O2. The number of hydrogen-bond donors (Lipinski definition) is 1. The van der Waals surface area contributed by atoms with Crippen LogP contribution < -0.4 is 10.6 Å². The van der Waals surface area contributed by atoms with Gasteiger partial charge in [-0.05, 0) is 37.5 Å². The lowest BCUT2D eigenvalue weighted by Gasteiger charge is -2.32. The summed E-state index contributed by atoms with van der Waals surface area (Å²) in [6, 6.07) is 3.85. The molecule has 22 heavy (non-hydrogen) atoms. The van der Waals surface area contributed by atoms with Gasteiger partial charge in [0.2, 0.25) is 0 Å². The highest BCUT2D eigenvalue weighted by Gasteiger charge is 2.22. The van der Waals surface area contributed by atoms with Crippen LogP contribution in [0.25, 0.3) is 6.08 Å². The third-order valence-corrected chi connectivity index (χ3v) is 4.01. The van der Waals surface area contributed by atoms with Gasteiger partial charge in [-0.25, -0.2) is 0 Å². The van der Waals surface area contributed by atoms with Gasteiger partial charge < -0.3 is 15.4 Å². The van der Waals surface area contributed by atoms with Crippen molar-refractivity contribution in [1.82, 2.24) is 0 Å². The summed E-state index contributed by atoms with van der Waals surface area (Å²) >= 11 is 0. The van der Waals surface area contributed by atoms with Crippen LogP contribution in [0.5, 0.6) is 0 Å². The number of fused-ring (bicyclic) bond motifs is 1. The van der Waals surface area contributed by atoms with E-state index >= 15 is 0 Å². The Hall–Kier alpha value is -2.41. The average molecular weight is 298 g/mol. The average Bonchev–Trinajstić information content (AvgIpc) is 2.53. The van der Waals surface area contributed by atoms with E-state index in [1.807, 2.05) is 19.1 Å². The third kappa shape index (κ3) is 3.25. The van der Waals surface area contributed by atoms with Crippen LogP contribution in [0.15, 0.2) is 18.2 Å². The van der Waals surface area contributed by atoms with Crippen LogP contribution in [0, 0.1) is 12.3 Å². The number of benzene rings is 1. The normalized spacial score (nSPS) is 13.9. The van der Waals surface area contributed by atoms with E-state index in [1.54, 1.807) is 0 Å². The smallest absolute Gasteiger partial charge is 0.307 e. The number of carbonyl (C=O) groups excluding carboxylic acids is 1. The van der Waals surface area contributed by atoms with Gasteiger partial charge in [0.15, 0.2) is 0 Å². The van der Waals surface area contributed by atoms with Crippen LogP contribution in [0.1, 0.15) is 30.9 Å². The minimum Gasteiger partial charge on any atom is -0.469 e. The number of esters is 1. The fourth-order valence-electron chi connectivity index (χ4n) is 2.82. The van der Waals surface area contributed by atoms with Crippen LogP contribution in [-0.2, 0) is 16.0 Å². The highest BCUT2D eigenvalue weighted by atomic mass is 16.5. The second-order valence-corrected chi connectivity index (χ2v) is 5.47. The number of terminal acetylenes is 1. The summed E-state index contributed by atoms with van der Waals surface area (Å²) in [5.74, 6) is 2.44. The Morgan fingerprint density at radius 3 is 3.00 bits per heavy atom. The number of carbonyl (C=O) groups is 1. The third-order valence-electron chi connectivity index (χ3n) is 4.01. The Bertz CT molecular complexity index is 629. The van der Waals surface area contributed by atoms with Gasteiger partial charge in [0.1, 0.15) is 0 Å². The topological polar surface area (TPSA) is 55.6 Å². The van der Waals surface area contributed by atoms with Crippen LogP contribution >= 0.6 is 0 Å². The van der Waals surface area contributed by atoms with Crippen molar-refractivity contribution in [2.75, 3.05) is 24.3 Å². The van der Waals surface area contributed by atoms with Gasteiger partial charge in [0.05, 0.1) is 20.1 Å². The molecule has 0 heterocycles. The van der Waals surface area contributed by atoms with Gasteiger partial charge in [-0.2, -0.15) is 0 Å². The molecule has 1 aliphatic rings. The molecule has 0 aliphatic heterocycles. The fraction of sp³-hybridized carbons (Fsp3) is 0.389. The van der Waals surface area contributed by atoms with E-state index in [0.717, 1.165) is 35.3 Å². The molecule has 2 rings (SSSR count). The summed E-state index contributed by atoms with van der Waals surface area (Å²) in [5, 5.41) is 0. The molecule has 1 aromatic carbocycles. The first-order valence-corrected chi connectivity index (χ1v) is 7.43. The quantitative estimate of drug-likeness (QED) is 0.516. The number of hydrogen-bond acceptors (Lipinski definition) is 4. The highest BCUT2D eigenvalue weighted by molar-refractivity contribution is 5.78. The van der Waals surface area contributed by atoms with Crippen molar-refractivity contribution >= 4 is 23.4 Å². The Balaban J connectivity index is 2.40. The van der Waals surface area contributed by atoms with Gasteiger partial charge >= 0.3 is 5.97 Å². The second-order valence-electron chi connectivity index (χ2n) is 5.47. The van der Waals surface area contributed by atoms with Crippen molar-refractivity contribution in [2.24, 2.45) is 0 Å². The number of rotatable bonds is 5. The van der Waals surface area contributed by atoms with Crippen molar-refractivity contribution in [3.63, 3.8) is 0 Å². The summed E-state index contributed by atoms with van der Waals surface area (Å²) < 4.78 is 4.77. The lowest BCUT2D eigenvalue weighted by atomic mass is 9.93. The standard InChI is InChI=1S/C18H22N2O2/c1-4-11-20(13(2)12-18(21)22-3)17-10-9-16(19)14-7-5-6-8-15(14)17/h1,6,8-10,13H,5,7,11-12,19H2,2-3H3. The number of allylic oxidation sites excluding steroid dienone is 1. The predicted octanol–water partition coefficient (Wildman–Crippen LogP) is 2.62. The van der Waals surface area contributed by atoms with E-state index in [9.17, 15) is 4.79 Å². The van der Waals surface area contributed by atoms with Crippen molar-refractivity contribution in [2.45, 2.75) is 32.2 Å².